The van der Waals surface area contributed by atoms with Gasteiger partial charge < -0.3 is 9.84 Å². The molecule has 1 N–H and O–H groups in total. The SMILES string of the molecule is COc1ccc2cc(C(F)(F)F)cc(O)c2c1. The van der Waals surface area contributed by atoms with Crippen molar-refractivity contribution >= 4 is 10.8 Å². The van der Waals surface area contributed by atoms with Gasteiger partial charge in [-0.15, -0.1) is 0 Å². The molecule has 0 spiro atoms. The van der Waals surface area contributed by atoms with Crippen LogP contribution in [0.5, 0.6) is 11.5 Å². The summed E-state index contributed by atoms with van der Waals surface area (Å²) in [5.74, 6) is 0.0706. The van der Waals surface area contributed by atoms with Gasteiger partial charge in [0.1, 0.15) is 11.5 Å². The summed E-state index contributed by atoms with van der Waals surface area (Å²) in [4.78, 5) is 0. The molecular weight excluding hydrogens is 233 g/mol. The first-order valence-corrected chi connectivity index (χ1v) is 4.80. The molecule has 0 aliphatic rings. The lowest BCUT2D eigenvalue weighted by molar-refractivity contribution is -0.137. The van der Waals surface area contributed by atoms with E-state index in [1.807, 2.05) is 0 Å². The van der Waals surface area contributed by atoms with E-state index < -0.39 is 17.5 Å². The second kappa shape index (κ2) is 3.84. The third kappa shape index (κ3) is 2.13. The van der Waals surface area contributed by atoms with Crippen LogP contribution >= 0.6 is 0 Å². The Morgan fingerprint density at radius 2 is 1.82 bits per heavy atom. The van der Waals surface area contributed by atoms with Crippen LogP contribution in [0.4, 0.5) is 13.2 Å². The van der Waals surface area contributed by atoms with Crippen molar-refractivity contribution in [1.82, 2.24) is 0 Å². The molecule has 0 heterocycles. The number of methoxy groups -OCH3 is 1. The lowest BCUT2D eigenvalue weighted by Crippen LogP contribution is -2.04. The maximum absolute atomic E-state index is 12.5. The number of phenolic OH excluding ortho intramolecular Hbond substituents is 1. The van der Waals surface area contributed by atoms with Crippen molar-refractivity contribution < 1.29 is 23.0 Å². The fourth-order valence-corrected chi connectivity index (χ4v) is 1.61. The van der Waals surface area contributed by atoms with E-state index in [9.17, 15) is 18.3 Å². The molecular formula is C12H9F3O2. The molecule has 0 bridgehead atoms. The van der Waals surface area contributed by atoms with Gasteiger partial charge in [0.05, 0.1) is 12.7 Å². The minimum Gasteiger partial charge on any atom is -0.507 e. The fraction of sp³-hybridized carbons (Fsp3) is 0.167. The molecule has 2 nitrogen and oxygen atoms in total. The summed E-state index contributed by atoms with van der Waals surface area (Å²) in [6.45, 7) is 0. The lowest BCUT2D eigenvalue weighted by atomic mass is 10.1. The van der Waals surface area contributed by atoms with E-state index in [1.54, 1.807) is 6.07 Å². The highest BCUT2D eigenvalue weighted by molar-refractivity contribution is 5.90. The summed E-state index contributed by atoms with van der Waals surface area (Å²) in [6, 6.07) is 6.21. The molecule has 90 valence electrons. The number of fused-ring (bicyclic) bond motifs is 1. The molecule has 0 aliphatic heterocycles. The van der Waals surface area contributed by atoms with Crippen LogP contribution in [0, 0.1) is 0 Å². The van der Waals surface area contributed by atoms with E-state index in [0.717, 1.165) is 6.07 Å². The Morgan fingerprint density at radius 3 is 2.41 bits per heavy atom. The molecule has 0 amide bonds. The maximum atomic E-state index is 12.5. The number of aromatic hydroxyl groups is 1. The highest BCUT2D eigenvalue weighted by Gasteiger charge is 2.31. The highest BCUT2D eigenvalue weighted by atomic mass is 19.4. The van der Waals surface area contributed by atoms with Gasteiger partial charge in [-0.2, -0.15) is 13.2 Å². The summed E-state index contributed by atoms with van der Waals surface area (Å²) >= 11 is 0. The van der Waals surface area contributed by atoms with Gasteiger partial charge in [0, 0.05) is 5.39 Å². The predicted octanol–water partition coefficient (Wildman–Crippen LogP) is 3.57. The van der Waals surface area contributed by atoms with Crippen LogP contribution in [0.2, 0.25) is 0 Å². The first-order valence-electron chi connectivity index (χ1n) is 4.80. The second-order valence-corrected chi connectivity index (χ2v) is 3.58. The zero-order valence-corrected chi connectivity index (χ0v) is 8.88. The average molecular weight is 242 g/mol. The third-order valence-corrected chi connectivity index (χ3v) is 2.47. The van der Waals surface area contributed by atoms with E-state index in [4.69, 9.17) is 4.74 Å². The quantitative estimate of drug-likeness (QED) is 0.828. The molecule has 0 aromatic heterocycles. The number of benzene rings is 2. The van der Waals surface area contributed by atoms with E-state index in [-0.39, 0.29) is 0 Å². The van der Waals surface area contributed by atoms with Crippen LogP contribution in [0.3, 0.4) is 0 Å². The zero-order chi connectivity index (χ0) is 12.6. The Bertz CT molecular complexity index is 561. The van der Waals surface area contributed by atoms with Crippen LogP contribution in [-0.4, -0.2) is 12.2 Å². The molecule has 2 aromatic rings. The van der Waals surface area contributed by atoms with Gasteiger partial charge in [-0.05, 0) is 29.7 Å². The summed E-state index contributed by atoms with van der Waals surface area (Å²) < 4.78 is 42.5. The molecule has 0 saturated heterocycles. The monoisotopic (exact) mass is 242 g/mol. The molecule has 0 atom stereocenters. The third-order valence-electron chi connectivity index (χ3n) is 2.47. The first kappa shape index (κ1) is 11.6. The summed E-state index contributed by atoms with van der Waals surface area (Å²) in [6.07, 6.45) is -4.47. The Labute approximate surface area is 95.2 Å². The van der Waals surface area contributed by atoms with Crippen LogP contribution in [-0.2, 0) is 6.18 Å². The Hall–Kier alpha value is -1.91. The van der Waals surface area contributed by atoms with E-state index >= 15 is 0 Å². The van der Waals surface area contributed by atoms with E-state index in [2.05, 4.69) is 0 Å². The lowest BCUT2D eigenvalue weighted by Gasteiger charge is -2.10. The zero-order valence-electron chi connectivity index (χ0n) is 8.88. The number of hydrogen-bond acceptors (Lipinski definition) is 2. The van der Waals surface area contributed by atoms with Crippen molar-refractivity contribution in [3.05, 3.63) is 35.9 Å². The smallest absolute Gasteiger partial charge is 0.416 e. The number of phenols is 1. The molecule has 0 aliphatic carbocycles. The van der Waals surface area contributed by atoms with Gasteiger partial charge in [-0.25, -0.2) is 0 Å². The van der Waals surface area contributed by atoms with Gasteiger partial charge in [0.25, 0.3) is 0 Å². The predicted molar refractivity (Wildman–Crippen MR) is 57.2 cm³/mol. The fourth-order valence-electron chi connectivity index (χ4n) is 1.61. The molecule has 0 unspecified atom stereocenters. The van der Waals surface area contributed by atoms with Crippen LogP contribution in [0.25, 0.3) is 10.8 Å². The Kier molecular flexibility index (Phi) is 2.61. The van der Waals surface area contributed by atoms with Crippen molar-refractivity contribution in [2.45, 2.75) is 6.18 Å². The van der Waals surface area contributed by atoms with Crippen molar-refractivity contribution in [3.8, 4) is 11.5 Å². The Balaban J connectivity index is 2.68. The standard InChI is InChI=1S/C12H9F3O2/c1-17-9-3-2-7-4-8(12(13,14)15)5-11(16)10(7)6-9/h2-6,16H,1H3. The minimum absolute atomic E-state index is 0.318. The van der Waals surface area contributed by atoms with Crippen LogP contribution in [0.15, 0.2) is 30.3 Å². The van der Waals surface area contributed by atoms with Gasteiger partial charge in [0.2, 0.25) is 0 Å². The summed E-state index contributed by atoms with van der Waals surface area (Å²) in [5.41, 5.74) is -0.868. The Morgan fingerprint density at radius 1 is 1.12 bits per heavy atom. The number of ether oxygens (including phenoxy) is 1. The molecule has 0 fully saturated rings. The number of halogens is 3. The van der Waals surface area contributed by atoms with Crippen LogP contribution < -0.4 is 4.74 Å². The molecule has 5 heteroatoms. The van der Waals surface area contributed by atoms with E-state index in [1.165, 1.54) is 19.2 Å². The first-order chi connectivity index (χ1) is 7.91. The van der Waals surface area contributed by atoms with Crippen LogP contribution in [0.1, 0.15) is 5.56 Å². The number of alkyl halides is 3. The van der Waals surface area contributed by atoms with Gasteiger partial charge in [0.15, 0.2) is 0 Å². The second-order valence-electron chi connectivity index (χ2n) is 3.58. The molecule has 17 heavy (non-hydrogen) atoms. The van der Waals surface area contributed by atoms with Crippen molar-refractivity contribution in [3.63, 3.8) is 0 Å². The minimum atomic E-state index is -4.47. The molecule has 0 radical (unpaired) electrons. The normalized spacial score (nSPS) is 11.8. The van der Waals surface area contributed by atoms with Gasteiger partial charge in [-0.1, -0.05) is 6.07 Å². The maximum Gasteiger partial charge on any atom is 0.416 e. The molecule has 0 saturated carbocycles. The van der Waals surface area contributed by atoms with Gasteiger partial charge in [-0.3, -0.25) is 0 Å². The number of hydrogen-bond donors (Lipinski definition) is 1. The summed E-state index contributed by atoms with van der Waals surface area (Å²) in [5, 5.41) is 10.2. The largest absolute Gasteiger partial charge is 0.507 e. The van der Waals surface area contributed by atoms with E-state index in [0.29, 0.717) is 22.6 Å². The molecule has 2 rings (SSSR count). The summed E-state index contributed by atoms with van der Waals surface area (Å²) in [7, 11) is 1.45. The van der Waals surface area contributed by atoms with Gasteiger partial charge >= 0.3 is 6.18 Å². The van der Waals surface area contributed by atoms with Crippen molar-refractivity contribution in [2.75, 3.05) is 7.11 Å². The van der Waals surface area contributed by atoms with Crippen molar-refractivity contribution in [1.29, 1.82) is 0 Å². The van der Waals surface area contributed by atoms with Crippen molar-refractivity contribution in [2.24, 2.45) is 0 Å². The number of rotatable bonds is 1. The highest BCUT2D eigenvalue weighted by Crippen LogP contribution is 2.36. The topological polar surface area (TPSA) is 29.5 Å². The average Bonchev–Trinajstić information content (AvgIpc) is 2.27. The molecule has 2 aromatic carbocycles.